The molecule has 3 aromatic rings. The average Bonchev–Trinajstić information content (AvgIpc) is 3.15. The molecule has 0 spiro atoms. The number of esters is 1. The normalized spacial score (nSPS) is 14.4. The van der Waals surface area contributed by atoms with E-state index in [0.29, 0.717) is 24.3 Å². The van der Waals surface area contributed by atoms with Gasteiger partial charge in [0.25, 0.3) is 5.91 Å². The Morgan fingerprint density at radius 2 is 1.90 bits per heavy atom. The number of carbonyl (C=O) groups excluding carboxylic acids is 2. The first kappa shape index (κ1) is 20.2. The Hall–Kier alpha value is -3.12. The van der Waals surface area contributed by atoms with Crippen molar-refractivity contribution in [3.8, 4) is 0 Å². The van der Waals surface area contributed by atoms with E-state index < -0.39 is 12.1 Å². The van der Waals surface area contributed by atoms with Crippen LogP contribution in [0.2, 0.25) is 0 Å². The maximum absolute atomic E-state index is 13.1. The molecule has 0 aliphatic carbocycles. The number of carbonyl (C=O) groups is 2. The van der Waals surface area contributed by atoms with Gasteiger partial charge in [-0.15, -0.1) is 0 Å². The van der Waals surface area contributed by atoms with Crippen molar-refractivity contribution in [2.24, 2.45) is 0 Å². The Balaban J connectivity index is 1.55. The summed E-state index contributed by atoms with van der Waals surface area (Å²) in [6.45, 7) is 4.84. The fourth-order valence-electron chi connectivity index (χ4n) is 3.86. The minimum Gasteiger partial charge on any atom is -0.449 e. The fourth-order valence-corrected chi connectivity index (χ4v) is 3.86. The Morgan fingerprint density at radius 3 is 2.73 bits per heavy atom. The highest BCUT2D eigenvalue weighted by molar-refractivity contribution is 6.01. The van der Waals surface area contributed by atoms with Crippen LogP contribution in [0.3, 0.4) is 0 Å². The van der Waals surface area contributed by atoms with E-state index in [1.165, 1.54) is 0 Å². The molecule has 2 heterocycles. The zero-order valence-corrected chi connectivity index (χ0v) is 17.2. The second-order valence-electron chi connectivity index (χ2n) is 7.31. The number of anilines is 1. The molecule has 156 valence electrons. The van der Waals surface area contributed by atoms with Crippen molar-refractivity contribution in [1.29, 1.82) is 0 Å². The lowest BCUT2D eigenvalue weighted by Crippen LogP contribution is -2.42. The summed E-state index contributed by atoms with van der Waals surface area (Å²) in [5, 5.41) is 0.807. The van der Waals surface area contributed by atoms with Crippen LogP contribution in [0.15, 0.2) is 52.9 Å². The monoisotopic (exact) mass is 407 g/mol. The highest BCUT2D eigenvalue weighted by Crippen LogP contribution is 2.29. The van der Waals surface area contributed by atoms with Crippen LogP contribution in [0.25, 0.3) is 11.0 Å². The summed E-state index contributed by atoms with van der Waals surface area (Å²) in [7, 11) is 0. The number of para-hydroxylation sites is 2. The lowest BCUT2D eigenvalue weighted by atomic mass is 10.0. The summed E-state index contributed by atoms with van der Waals surface area (Å²) in [6.07, 6.45) is 0.885. The van der Waals surface area contributed by atoms with Crippen LogP contribution in [0, 0.1) is 0 Å². The molecule has 1 atom stereocenters. The van der Waals surface area contributed by atoms with E-state index in [9.17, 15) is 9.59 Å². The minimum absolute atomic E-state index is 0.0864. The number of aryl methyl sites for hydroxylation is 1. The van der Waals surface area contributed by atoms with Crippen LogP contribution in [-0.2, 0) is 27.3 Å². The molecule has 1 unspecified atom stereocenters. The average molecular weight is 407 g/mol. The van der Waals surface area contributed by atoms with Crippen LogP contribution in [0.5, 0.6) is 0 Å². The summed E-state index contributed by atoms with van der Waals surface area (Å²) in [5.74, 6) is -0.812. The molecule has 0 N–H and O–H groups in total. The summed E-state index contributed by atoms with van der Waals surface area (Å²) >= 11 is 0. The second-order valence-corrected chi connectivity index (χ2v) is 7.31. The van der Waals surface area contributed by atoms with Crippen molar-refractivity contribution >= 4 is 28.5 Å². The Labute approximate surface area is 175 Å². The van der Waals surface area contributed by atoms with Crippen molar-refractivity contribution in [2.45, 2.75) is 39.4 Å². The van der Waals surface area contributed by atoms with Crippen molar-refractivity contribution < 1.29 is 23.5 Å². The molecule has 6 nitrogen and oxygen atoms in total. The molecule has 0 saturated carbocycles. The van der Waals surface area contributed by atoms with Crippen molar-refractivity contribution in [3.63, 3.8) is 0 Å². The van der Waals surface area contributed by atoms with Crippen LogP contribution in [0.1, 0.15) is 41.9 Å². The zero-order valence-electron chi connectivity index (χ0n) is 17.2. The largest absolute Gasteiger partial charge is 0.449 e. The van der Waals surface area contributed by atoms with Gasteiger partial charge in [-0.1, -0.05) is 36.4 Å². The third-order valence-corrected chi connectivity index (χ3v) is 5.34. The van der Waals surface area contributed by atoms with Gasteiger partial charge in [-0.2, -0.15) is 0 Å². The lowest BCUT2D eigenvalue weighted by Gasteiger charge is -2.31. The van der Waals surface area contributed by atoms with E-state index in [1.54, 1.807) is 17.9 Å². The molecule has 1 aromatic heterocycles. The molecular formula is C24H25NO5. The molecule has 0 fully saturated rings. The number of hydrogen-bond acceptors (Lipinski definition) is 5. The van der Waals surface area contributed by atoms with Gasteiger partial charge in [0.15, 0.2) is 6.10 Å². The predicted molar refractivity (Wildman–Crippen MR) is 114 cm³/mol. The maximum Gasteiger partial charge on any atom is 0.375 e. The summed E-state index contributed by atoms with van der Waals surface area (Å²) in [4.78, 5) is 27.7. The molecule has 0 saturated heterocycles. The number of furan rings is 1. The van der Waals surface area contributed by atoms with Crippen LogP contribution >= 0.6 is 0 Å². The van der Waals surface area contributed by atoms with Crippen LogP contribution in [-0.4, -0.2) is 31.1 Å². The third-order valence-electron chi connectivity index (χ3n) is 5.34. The molecule has 2 aromatic carbocycles. The van der Waals surface area contributed by atoms with E-state index in [1.807, 2.05) is 49.4 Å². The molecule has 1 amide bonds. The van der Waals surface area contributed by atoms with E-state index in [2.05, 4.69) is 0 Å². The van der Waals surface area contributed by atoms with Crippen LogP contribution < -0.4 is 4.90 Å². The smallest absolute Gasteiger partial charge is 0.375 e. The quantitative estimate of drug-likeness (QED) is 0.563. The van der Waals surface area contributed by atoms with Crippen molar-refractivity contribution in [1.82, 2.24) is 0 Å². The Morgan fingerprint density at radius 1 is 1.13 bits per heavy atom. The number of fused-ring (bicyclic) bond motifs is 2. The number of ether oxygens (including phenoxy) is 2. The van der Waals surface area contributed by atoms with Crippen LogP contribution in [0.4, 0.5) is 5.69 Å². The minimum atomic E-state index is -0.934. The van der Waals surface area contributed by atoms with Gasteiger partial charge < -0.3 is 18.8 Å². The van der Waals surface area contributed by atoms with Crippen molar-refractivity contribution in [3.05, 3.63) is 65.4 Å². The predicted octanol–water partition coefficient (Wildman–Crippen LogP) is 4.49. The summed E-state index contributed by atoms with van der Waals surface area (Å²) in [6, 6.07) is 15.2. The number of amides is 1. The third kappa shape index (κ3) is 3.83. The molecule has 1 aliphatic rings. The first-order valence-corrected chi connectivity index (χ1v) is 10.3. The zero-order chi connectivity index (χ0) is 21.1. The number of rotatable bonds is 6. The van der Waals surface area contributed by atoms with E-state index in [-0.39, 0.29) is 18.3 Å². The first-order valence-electron chi connectivity index (χ1n) is 10.3. The highest BCUT2D eigenvalue weighted by atomic mass is 16.6. The van der Waals surface area contributed by atoms with Gasteiger partial charge in [0.05, 0.1) is 6.61 Å². The molecular weight excluding hydrogens is 382 g/mol. The van der Waals surface area contributed by atoms with E-state index in [4.69, 9.17) is 13.9 Å². The van der Waals surface area contributed by atoms with Gasteiger partial charge in [0.2, 0.25) is 5.76 Å². The standard InChI is InChI=1S/C24H25NO5/c1-3-28-15-19-18-11-5-7-13-21(18)30-22(19)24(27)29-16(2)23(26)25-14-8-10-17-9-4-6-12-20(17)25/h4-7,9,11-13,16H,3,8,10,14-15H2,1-2H3. The van der Waals surface area contributed by atoms with Gasteiger partial charge >= 0.3 is 5.97 Å². The number of hydrogen-bond donors (Lipinski definition) is 0. The second kappa shape index (κ2) is 8.71. The van der Waals surface area contributed by atoms with Crippen molar-refractivity contribution in [2.75, 3.05) is 18.1 Å². The highest BCUT2D eigenvalue weighted by Gasteiger charge is 2.30. The molecule has 1 aliphatic heterocycles. The first-order chi connectivity index (χ1) is 14.6. The molecule has 30 heavy (non-hydrogen) atoms. The van der Waals surface area contributed by atoms with E-state index >= 15 is 0 Å². The van der Waals surface area contributed by atoms with Gasteiger partial charge in [0, 0.05) is 29.8 Å². The Bertz CT molecular complexity index is 1070. The molecule has 6 heteroatoms. The number of nitrogens with zero attached hydrogens (tertiary/aromatic N) is 1. The maximum atomic E-state index is 13.1. The van der Waals surface area contributed by atoms with Gasteiger partial charge in [-0.3, -0.25) is 4.79 Å². The SMILES string of the molecule is CCOCc1c(C(=O)OC(C)C(=O)N2CCCc3ccccc32)oc2ccccc12. The summed E-state index contributed by atoms with van der Waals surface area (Å²) in [5.41, 5.74) is 3.24. The fraction of sp³-hybridized carbons (Fsp3) is 0.333. The van der Waals surface area contributed by atoms with Gasteiger partial charge in [-0.05, 0) is 44.4 Å². The van der Waals surface area contributed by atoms with Gasteiger partial charge in [-0.25, -0.2) is 4.79 Å². The Kier molecular flexibility index (Phi) is 5.86. The topological polar surface area (TPSA) is 69.0 Å². The molecule has 4 rings (SSSR count). The molecule has 0 radical (unpaired) electrons. The number of benzene rings is 2. The lowest BCUT2D eigenvalue weighted by molar-refractivity contribution is -0.126. The van der Waals surface area contributed by atoms with Gasteiger partial charge in [0.1, 0.15) is 5.58 Å². The van der Waals surface area contributed by atoms with E-state index in [0.717, 1.165) is 29.5 Å². The summed E-state index contributed by atoms with van der Waals surface area (Å²) < 4.78 is 16.8. The molecule has 0 bridgehead atoms.